The first-order valence-electron chi connectivity index (χ1n) is 6.15. The first kappa shape index (κ1) is 14.2. The summed E-state index contributed by atoms with van der Waals surface area (Å²) in [4.78, 5) is 0. The van der Waals surface area contributed by atoms with Crippen LogP contribution in [0.1, 0.15) is 26.7 Å². The van der Waals surface area contributed by atoms with Crippen LogP contribution in [0.25, 0.3) is 0 Å². The van der Waals surface area contributed by atoms with Crippen molar-refractivity contribution in [1.82, 2.24) is 5.32 Å². The van der Waals surface area contributed by atoms with Crippen LogP contribution in [0.15, 0.2) is 0 Å². The lowest BCUT2D eigenvalue weighted by Crippen LogP contribution is -2.52. The van der Waals surface area contributed by atoms with Crippen molar-refractivity contribution < 1.29 is 9.47 Å². The predicted octanol–water partition coefficient (Wildman–Crippen LogP) is 2.04. The van der Waals surface area contributed by atoms with Crippen LogP contribution in [0, 0.1) is 5.92 Å². The molecule has 0 aliphatic carbocycles. The molecule has 0 aromatic heterocycles. The van der Waals surface area contributed by atoms with Crippen molar-refractivity contribution in [1.29, 1.82) is 0 Å². The van der Waals surface area contributed by atoms with Crippen molar-refractivity contribution in [3.63, 3.8) is 0 Å². The summed E-state index contributed by atoms with van der Waals surface area (Å²) in [6, 6.07) is 0. The van der Waals surface area contributed by atoms with E-state index in [-0.39, 0.29) is 5.54 Å². The van der Waals surface area contributed by atoms with Gasteiger partial charge in [-0.25, -0.2) is 0 Å². The Morgan fingerprint density at radius 2 is 2.06 bits per heavy atom. The molecule has 1 rings (SSSR count). The van der Waals surface area contributed by atoms with Crippen LogP contribution >= 0.6 is 11.6 Å². The van der Waals surface area contributed by atoms with E-state index in [0.717, 1.165) is 45.8 Å². The van der Waals surface area contributed by atoms with E-state index in [1.807, 2.05) is 0 Å². The first-order valence-corrected chi connectivity index (χ1v) is 6.68. The third kappa shape index (κ3) is 5.00. The minimum absolute atomic E-state index is 0.0704. The van der Waals surface area contributed by atoms with Crippen LogP contribution in [0.5, 0.6) is 0 Å². The van der Waals surface area contributed by atoms with Gasteiger partial charge in [-0.3, -0.25) is 0 Å². The number of alkyl halides is 1. The molecular weight excluding hydrogens is 226 g/mol. The highest BCUT2D eigenvalue weighted by Gasteiger charge is 2.30. The molecule has 0 spiro atoms. The maximum atomic E-state index is 6.04. The second kappa shape index (κ2) is 7.49. The zero-order valence-electron chi connectivity index (χ0n) is 10.4. The molecule has 0 amide bonds. The smallest absolute Gasteiger partial charge is 0.0591 e. The van der Waals surface area contributed by atoms with Gasteiger partial charge in [0.15, 0.2) is 0 Å². The second-order valence-corrected chi connectivity index (χ2v) is 5.19. The fourth-order valence-corrected chi connectivity index (χ4v) is 2.19. The second-order valence-electron chi connectivity index (χ2n) is 4.92. The normalized spacial score (nSPS) is 20.2. The molecule has 0 bridgehead atoms. The Morgan fingerprint density at radius 1 is 1.38 bits per heavy atom. The number of hydrogen-bond donors (Lipinski definition) is 1. The van der Waals surface area contributed by atoms with Gasteiger partial charge in [0.25, 0.3) is 0 Å². The van der Waals surface area contributed by atoms with Crippen LogP contribution in [0.4, 0.5) is 0 Å². The molecule has 0 aromatic carbocycles. The van der Waals surface area contributed by atoms with Crippen LogP contribution in [0.2, 0.25) is 0 Å². The fourth-order valence-electron chi connectivity index (χ4n) is 1.83. The highest BCUT2D eigenvalue weighted by Crippen LogP contribution is 2.21. The zero-order chi connectivity index (χ0) is 11.9. The summed E-state index contributed by atoms with van der Waals surface area (Å²) < 4.78 is 10.9. The Kier molecular flexibility index (Phi) is 6.66. The predicted molar refractivity (Wildman–Crippen MR) is 67.2 cm³/mol. The van der Waals surface area contributed by atoms with Crippen LogP contribution in [0.3, 0.4) is 0 Å². The maximum Gasteiger partial charge on any atom is 0.0591 e. The van der Waals surface area contributed by atoms with Crippen molar-refractivity contribution in [2.75, 3.05) is 38.9 Å². The Morgan fingerprint density at radius 3 is 2.62 bits per heavy atom. The van der Waals surface area contributed by atoms with E-state index >= 15 is 0 Å². The van der Waals surface area contributed by atoms with Gasteiger partial charge < -0.3 is 14.8 Å². The molecule has 3 nitrogen and oxygen atoms in total. The molecule has 0 atom stereocenters. The highest BCUT2D eigenvalue weighted by atomic mass is 35.5. The van der Waals surface area contributed by atoms with Crippen molar-refractivity contribution in [3.05, 3.63) is 0 Å². The van der Waals surface area contributed by atoms with Crippen molar-refractivity contribution in [3.8, 4) is 0 Å². The minimum Gasteiger partial charge on any atom is -0.381 e. The van der Waals surface area contributed by atoms with E-state index in [0.29, 0.717) is 11.8 Å². The molecule has 1 aliphatic heterocycles. The van der Waals surface area contributed by atoms with Crippen LogP contribution < -0.4 is 5.32 Å². The van der Waals surface area contributed by atoms with Crippen molar-refractivity contribution in [2.45, 2.75) is 32.2 Å². The Bertz CT molecular complexity index is 182. The highest BCUT2D eigenvalue weighted by molar-refractivity contribution is 6.18. The molecule has 1 heterocycles. The average molecular weight is 250 g/mol. The van der Waals surface area contributed by atoms with Gasteiger partial charge in [0.1, 0.15) is 0 Å². The molecule has 0 radical (unpaired) electrons. The fraction of sp³-hybridized carbons (Fsp3) is 1.00. The van der Waals surface area contributed by atoms with Gasteiger partial charge in [-0.2, -0.15) is 0 Å². The lowest BCUT2D eigenvalue weighted by molar-refractivity contribution is 0.0402. The van der Waals surface area contributed by atoms with Gasteiger partial charge in [-0.15, -0.1) is 11.6 Å². The monoisotopic (exact) mass is 249 g/mol. The molecule has 96 valence electrons. The maximum absolute atomic E-state index is 6.04. The Balaban J connectivity index is 2.13. The van der Waals surface area contributed by atoms with E-state index in [1.165, 1.54) is 0 Å². The number of hydrogen-bond acceptors (Lipinski definition) is 3. The van der Waals surface area contributed by atoms with Gasteiger partial charge in [0.05, 0.1) is 6.61 Å². The molecule has 4 heteroatoms. The summed E-state index contributed by atoms with van der Waals surface area (Å²) in [5.41, 5.74) is 0.0704. The number of ether oxygens (including phenoxy) is 2. The van der Waals surface area contributed by atoms with E-state index < -0.39 is 0 Å². The van der Waals surface area contributed by atoms with Crippen molar-refractivity contribution in [2.24, 2.45) is 5.92 Å². The number of nitrogens with one attached hydrogen (secondary N) is 1. The van der Waals surface area contributed by atoms with E-state index in [1.54, 1.807) is 0 Å². The van der Waals surface area contributed by atoms with Crippen LogP contribution in [-0.4, -0.2) is 44.4 Å². The standard InChI is InChI=1S/C12H24ClNO2/c1-11(2)9-16-8-5-14-12(10-13)3-6-15-7-4-12/h11,14H,3-10H2,1-2H3. The molecule has 0 unspecified atom stereocenters. The van der Waals surface area contributed by atoms with Gasteiger partial charge >= 0.3 is 0 Å². The van der Waals surface area contributed by atoms with Gasteiger partial charge in [-0.1, -0.05) is 13.8 Å². The third-order valence-corrected chi connectivity index (χ3v) is 3.41. The average Bonchev–Trinajstić information content (AvgIpc) is 2.29. The van der Waals surface area contributed by atoms with Gasteiger partial charge in [0, 0.05) is 37.8 Å². The molecule has 0 saturated carbocycles. The lowest BCUT2D eigenvalue weighted by atomic mass is 9.92. The number of rotatable bonds is 7. The van der Waals surface area contributed by atoms with Crippen molar-refractivity contribution >= 4 is 11.6 Å². The van der Waals surface area contributed by atoms with E-state index in [4.69, 9.17) is 21.1 Å². The summed E-state index contributed by atoms with van der Waals surface area (Å²) >= 11 is 6.04. The van der Waals surface area contributed by atoms with Gasteiger partial charge in [0.2, 0.25) is 0 Å². The summed E-state index contributed by atoms with van der Waals surface area (Å²) in [7, 11) is 0. The topological polar surface area (TPSA) is 30.5 Å². The molecule has 1 aliphatic rings. The minimum atomic E-state index is 0.0704. The summed E-state index contributed by atoms with van der Waals surface area (Å²) in [6.07, 6.45) is 2.00. The molecule has 1 fully saturated rings. The van der Waals surface area contributed by atoms with Gasteiger partial charge in [-0.05, 0) is 18.8 Å². The van der Waals surface area contributed by atoms with E-state index in [9.17, 15) is 0 Å². The largest absolute Gasteiger partial charge is 0.381 e. The summed E-state index contributed by atoms with van der Waals surface area (Å²) in [6.45, 7) is 8.41. The zero-order valence-corrected chi connectivity index (χ0v) is 11.2. The SMILES string of the molecule is CC(C)COCCNC1(CCl)CCOCC1. The number of halogens is 1. The summed E-state index contributed by atoms with van der Waals surface area (Å²) in [5, 5.41) is 3.52. The molecule has 16 heavy (non-hydrogen) atoms. The molecule has 1 N–H and O–H groups in total. The third-order valence-electron chi connectivity index (χ3n) is 2.90. The molecule has 0 aromatic rings. The van der Waals surface area contributed by atoms with E-state index in [2.05, 4.69) is 19.2 Å². The van der Waals surface area contributed by atoms with Crippen LogP contribution in [-0.2, 0) is 9.47 Å². The molecule has 1 saturated heterocycles. The quantitative estimate of drug-likeness (QED) is 0.553. The summed E-state index contributed by atoms with van der Waals surface area (Å²) in [5.74, 6) is 1.26. The lowest BCUT2D eigenvalue weighted by Gasteiger charge is -2.36. The Hall–Kier alpha value is 0.170. The molecular formula is C12H24ClNO2. The first-order chi connectivity index (χ1) is 7.68. The Labute approximate surface area is 104 Å².